The fraction of sp³-hybridized carbons (Fsp3) is 0.407. The van der Waals surface area contributed by atoms with Crippen LogP contribution in [0.4, 0.5) is 0 Å². The van der Waals surface area contributed by atoms with Crippen molar-refractivity contribution in [2.75, 3.05) is 0 Å². The normalized spacial score (nSPS) is 11.2. The van der Waals surface area contributed by atoms with Crippen LogP contribution in [0.2, 0.25) is 16.6 Å². The van der Waals surface area contributed by atoms with Gasteiger partial charge in [0.2, 0.25) is 0 Å². The quantitative estimate of drug-likeness (QED) is 0.375. The number of benzene rings is 2. The molecule has 2 aromatic rings. The third kappa shape index (κ3) is 5.40. The van der Waals surface area contributed by atoms with Crippen LogP contribution in [0.5, 0.6) is 0 Å². The molecule has 0 aliphatic rings. The second kappa shape index (κ2) is 10.4. The summed E-state index contributed by atoms with van der Waals surface area (Å²) < 4.78 is 0. The summed E-state index contributed by atoms with van der Waals surface area (Å²) >= 11 is 0. The summed E-state index contributed by atoms with van der Waals surface area (Å²) in [6.07, 6.45) is 1.87. The number of hydrogen-bond donors (Lipinski definition) is 0. The first kappa shape index (κ1) is 22.1. The molecule has 1 heteroatoms. The molecule has 2 aromatic carbocycles. The van der Waals surface area contributed by atoms with E-state index in [4.69, 9.17) is 0 Å². The lowest BCUT2D eigenvalue weighted by Crippen LogP contribution is -2.43. The number of rotatable bonds is 5. The minimum atomic E-state index is -1.63. The van der Waals surface area contributed by atoms with Gasteiger partial charge in [-0.1, -0.05) is 89.8 Å². The van der Waals surface area contributed by atoms with Crippen LogP contribution in [0.25, 0.3) is 0 Å². The zero-order valence-electron chi connectivity index (χ0n) is 18.3. The van der Waals surface area contributed by atoms with Gasteiger partial charge in [0.1, 0.15) is 8.07 Å². The molecule has 146 valence electrons. The minimum absolute atomic E-state index is 0.684. The highest BCUT2D eigenvalue weighted by atomic mass is 28.3. The minimum Gasteiger partial charge on any atom is -0.130 e. The monoisotopic (exact) mass is 386 g/mol. The number of hydrogen-bond acceptors (Lipinski definition) is 0. The molecule has 0 aliphatic heterocycles. The van der Waals surface area contributed by atoms with Gasteiger partial charge in [0, 0.05) is 17.5 Å². The van der Waals surface area contributed by atoms with Crippen molar-refractivity contribution in [3.05, 3.63) is 71.3 Å². The van der Waals surface area contributed by atoms with Crippen molar-refractivity contribution in [3.8, 4) is 23.3 Å². The zero-order chi connectivity index (χ0) is 20.6. The predicted molar refractivity (Wildman–Crippen MR) is 126 cm³/mol. The molecule has 0 fully saturated rings. The van der Waals surface area contributed by atoms with Gasteiger partial charge in [0.25, 0.3) is 0 Å². The van der Waals surface area contributed by atoms with Crippen molar-refractivity contribution < 1.29 is 0 Å². The largest absolute Gasteiger partial charge is 0.145 e. The van der Waals surface area contributed by atoms with Crippen LogP contribution in [0.15, 0.2) is 54.6 Å². The van der Waals surface area contributed by atoms with E-state index in [9.17, 15) is 0 Å². The van der Waals surface area contributed by atoms with E-state index in [0.717, 1.165) is 24.0 Å². The highest BCUT2D eigenvalue weighted by Crippen LogP contribution is 2.40. The molecule has 0 bridgehead atoms. The van der Waals surface area contributed by atoms with E-state index in [2.05, 4.69) is 101 Å². The van der Waals surface area contributed by atoms with Crippen molar-refractivity contribution in [2.24, 2.45) is 0 Å². The molecule has 28 heavy (non-hydrogen) atoms. The van der Waals surface area contributed by atoms with Crippen molar-refractivity contribution >= 4 is 8.07 Å². The molecule has 0 aromatic heterocycles. The van der Waals surface area contributed by atoms with Gasteiger partial charge < -0.3 is 0 Å². The van der Waals surface area contributed by atoms with Crippen molar-refractivity contribution in [2.45, 2.75) is 71.0 Å². The van der Waals surface area contributed by atoms with Crippen LogP contribution in [-0.4, -0.2) is 8.07 Å². The molecule has 0 N–H and O–H groups in total. The van der Waals surface area contributed by atoms with Crippen LogP contribution in [0.3, 0.4) is 0 Å². The van der Waals surface area contributed by atoms with E-state index in [1.165, 1.54) is 5.56 Å². The molecule has 0 heterocycles. The molecule has 0 aliphatic carbocycles. The molecule has 2 rings (SSSR count). The maximum absolute atomic E-state index is 3.83. The second-order valence-electron chi connectivity index (χ2n) is 8.47. The third-order valence-electron chi connectivity index (χ3n) is 5.82. The summed E-state index contributed by atoms with van der Waals surface area (Å²) in [6.45, 7) is 14.2. The molecule has 0 radical (unpaired) electrons. The smallest absolute Gasteiger partial charge is 0.130 e. The molecular formula is C27H34Si. The number of aryl methyl sites for hydroxylation is 1. The summed E-state index contributed by atoms with van der Waals surface area (Å²) in [5, 5.41) is 0. The molecule has 0 spiro atoms. The highest BCUT2D eigenvalue weighted by molar-refractivity contribution is 6.90. The highest BCUT2D eigenvalue weighted by Gasteiger charge is 2.41. The summed E-state index contributed by atoms with van der Waals surface area (Å²) in [7, 11) is -1.63. The Balaban J connectivity index is 2.17. The Morgan fingerprint density at radius 3 is 1.89 bits per heavy atom. The van der Waals surface area contributed by atoms with Crippen molar-refractivity contribution in [3.63, 3.8) is 0 Å². The molecule has 0 saturated carbocycles. The molecule has 0 nitrogen and oxygen atoms in total. The average Bonchev–Trinajstić information content (AvgIpc) is 2.67. The zero-order valence-corrected chi connectivity index (χ0v) is 19.3. The second-order valence-corrected chi connectivity index (χ2v) is 14.1. The van der Waals surface area contributed by atoms with E-state index in [0.29, 0.717) is 16.6 Å². The van der Waals surface area contributed by atoms with Gasteiger partial charge in [0.15, 0.2) is 0 Å². The average molecular weight is 387 g/mol. The van der Waals surface area contributed by atoms with Gasteiger partial charge in [-0.05, 0) is 46.8 Å². The third-order valence-corrected chi connectivity index (χ3v) is 12.2. The first-order chi connectivity index (χ1) is 13.4. The van der Waals surface area contributed by atoms with Crippen molar-refractivity contribution in [1.29, 1.82) is 0 Å². The van der Waals surface area contributed by atoms with Crippen LogP contribution < -0.4 is 0 Å². The Bertz CT molecular complexity index is 845. The van der Waals surface area contributed by atoms with E-state index in [1.54, 1.807) is 0 Å². The topological polar surface area (TPSA) is 0 Å². The summed E-state index contributed by atoms with van der Waals surface area (Å²) in [4.78, 5) is 0. The summed E-state index contributed by atoms with van der Waals surface area (Å²) in [6, 6.07) is 18.7. The van der Waals surface area contributed by atoms with Gasteiger partial charge in [0.05, 0.1) is 0 Å². The molecule has 0 unspecified atom stereocenters. The van der Waals surface area contributed by atoms with Crippen LogP contribution in [0, 0.1) is 23.3 Å². The van der Waals surface area contributed by atoms with E-state index < -0.39 is 8.07 Å². The Kier molecular flexibility index (Phi) is 8.16. The Morgan fingerprint density at radius 1 is 0.714 bits per heavy atom. The Labute approximate surface area is 173 Å². The van der Waals surface area contributed by atoms with Crippen LogP contribution >= 0.6 is 0 Å². The van der Waals surface area contributed by atoms with Crippen molar-refractivity contribution in [1.82, 2.24) is 0 Å². The fourth-order valence-corrected chi connectivity index (χ4v) is 9.66. The molecule has 0 atom stereocenters. The van der Waals surface area contributed by atoms with E-state index >= 15 is 0 Å². The van der Waals surface area contributed by atoms with E-state index in [1.807, 2.05) is 18.2 Å². The lowest BCUT2D eigenvalue weighted by atomic mass is 10.0. The van der Waals surface area contributed by atoms with Gasteiger partial charge >= 0.3 is 0 Å². The Morgan fingerprint density at radius 2 is 1.29 bits per heavy atom. The first-order valence-corrected chi connectivity index (χ1v) is 12.8. The molecule has 0 saturated heterocycles. The standard InChI is InChI=1S/C27H34Si/c1-22(2)28(23(3)4,24(5)6)21-13-12-18-26-16-10-11-17-27(26)20-19-25-14-8-7-9-15-25/h7-11,14-17,22-24H,12,18H2,1-6H3. The maximum Gasteiger partial charge on any atom is 0.145 e. The van der Waals surface area contributed by atoms with Gasteiger partial charge in [-0.2, -0.15) is 0 Å². The molecule has 0 amide bonds. The lowest BCUT2D eigenvalue weighted by molar-refractivity contribution is 0.838. The fourth-order valence-electron chi connectivity index (χ4n) is 4.37. The van der Waals surface area contributed by atoms with Gasteiger partial charge in [-0.15, -0.1) is 11.5 Å². The SMILES string of the molecule is CC(C)[Si](C#CCCc1ccccc1C#Cc1ccccc1)(C(C)C)C(C)C. The van der Waals surface area contributed by atoms with Crippen LogP contribution in [0.1, 0.15) is 64.7 Å². The first-order valence-electron chi connectivity index (χ1n) is 10.5. The lowest BCUT2D eigenvalue weighted by Gasteiger charge is -2.38. The summed E-state index contributed by atoms with van der Waals surface area (Å²) in [5.74, 6) is 10.2. The van der Waals surface area contributed by atoms with Gasteiger partial charge in [-0.25, -0.2) is 0 Å². The van der Waals surface area contributed by atoms with E-state index in [-0.39, 0.29) is 0 Å². The molecular weight excluding hydrogens is 352 g/mol. The summed E-state index contributed by atoms with van der Waals surface area (Å²) in [5.41, 5.74) is 9.36. The predicted octanol–water partition coefficient (Wildman–Crippen LogP) is 7.24. The maximum atomic E-state index is 3.83. The van der Waals surface area contributed by atoms with Crippen LogP contribution in [-0.2, 0) is 6.42 Å². The van der Waals surface area contributed by atoms with Gasteiger partial charge in [-0.3, -0.25) is 0 Å². The Hall–Kier alpha value is -2.22.